The van der Waals surface area contributed by atoms with E-state index >= 15 is 0 Å². The second-order valence-electron chi connectivity index (χ2n) is 5.54. The molecular formula is C17H20N4O4S2. The quantitative estimate of drug-likeness (QED) is 0.554. The van der Waals surface area contributed by atoms with Crippen LogP contribution >= 0.6 is 11.8 Å². The highest BCUT2D eigenvalue weighted by molar-refractivity contribution is 7.99. The van der Waals surface area contributed by atoms with Gasteiger partial charge >= 0.3 is 0 Å². The summed E-state index contributed by atoms with van der Waals surface area (Å²) in [5, 5.41) is 0.707. The van der Waals surface area contributed by atoms with Gasteiger partial charge in [-0.3, -0.25) is 20.4 Å². The van der Waals surface area contributed by atoms with Gasteiger partial charge in [-0.2, -0.15) is 0 Å². The van der Waals surface area contributed by atoms with E-state index in [4.69, 9.17) is 0 Å². The summed E-state index contributed by atoms with van der Waals surface area (Å²) in [6.45, 7) is 1.98. The standard InChI is InChI=1S/C17H20N4O4S2/c1-4-26-15-11-13(8-9-18-15)17(23)20-19-16(22)12-6-5-7-14(10-12)27(24,25)21(2)3/h5-11H,4H2,1-3H3,(H,19,22)(H,20,23). The van der Waals surface area contributed by atoms with E-state index in [0.29, 0.717) is 10.6 Å². The van der Waals surface area contributed by atoms with Crippen molar-refractivity contribution in [3.05, 3.63) is 53.7 Å². The molecule has 0 unspecified atom stereocenters. The Morgan fingerprint density at radius 1 is 1.07 bits per heavy atom. The summed E-state index contributed by atoms with van der Waals surface area (Å²) in [6.07, 6.45) is 1.52. The molecule has 27 heavy (non-hydrogen) atoms. The van der Waals surface area contributed by atoms with Gasteiger partial charge in [0.1, 0.15) is 0 Å². The maximum absolute atomic E-state index is 12.2. The van der Waals surface area contributed by atoms with Crippen LogP contribution in [0.4, 0.5) is 0 Å². The van der Waals surface area contributed by atoms with E-state index in [1.807, 2.05) is 6.92 Å². The average Bonchev–Trinajstić information content (AvgIpc) is 2.66. The minimum atomic E-state index is -3.66. The number of carbonyl (C=O) groups excluding carboxylic acids is 2. The van der Waals surface area contributed by atoms with E-state index in [1.54, 1.807) is 6.07 Å². The number of sulfonamides is 1. The van der Waals surface area contributed by atoms with Crippen molar-refractivity contribution in [3.63, 3.8) is 0 Å². The Labute approximate surface area is 162 Å². The molecular weight excluding hydrogens is 388 g/mol. The number of nitrogens with zero attached hydrogens (tertiary/aromatic N) is 2. The maximum Gasteiger partial charge on any atom is 0.269 e. The normalized spacial score (nSPS) is 11.3. The highest BCUT2D eigenvalue weighted by Crippen LogP contribution is 2.16. The van der Waals surface area contributed by atoms with E-state index in [1.165, 1.54) is 62.4 Å². The van der Waals surface area contributed by atoms with Crippen LogP contribution in [0.15, 0.2) is 52.5 Å². The van der Waals surface area contributed by atoms with Gasteiger partial charge in [-0.05, 0) is 36.1 Å². The highest BCUT2D eigenvalue weighted by atomic mass is 32.2. The van der Waals surface area contributed by atoms with Gasteiger partial charge in [0.05, 0.1) is 9.92 Å². The molecule has 0 aliphatic heterocycles. The van der Waals surface area contributed by atoms with Crippen LogP contribution < -0.4 is 10.9 Å². The molecule has 0 fully saturated rings. The second-order valence-corrected chi connectivity index (χ2v) is 8.98. The van der Waals surface area contributed by atoms with Crippen molar-refractivity contribution in [2.75, 3.05) is 19.8 Å². The lowest BCUT2D eigenvalue weighted by Crippen LogP contribution is -2.41. The third kappa shape index (κ3) is 5.28. The summed E-state index contributed by atoms with van der Waals surface area (Å²) in [5.74, 6) is -0.307. The number of pyridine rings is 1. The Kier molecular flexibility index (Phi) is 6.94. The molecule has 2 N–H and O–H groups in total. The Bertz CT molecular complexity index is 945. The summed E-state index contributed by atoms with van der Waals surface area (Å²) in [7, 11) is -0.851. The van der Waals surface area contributed by atoms with Gasteiger partial charge in [-0.1, -0.05) is 13.0 Å². The summed E-state index contributed by atoms with van der Waals surface area (Å²) in [6, 6.07) is 8.72. The molecule has 144 valence electrons. The summed E-state index contributed by atoms with van der Waals surface area (Å²) < 4.78 is 25.4. The first kappa shape index (κ1) is 20.9. The van der Waals surface area contributed by atoms with Crippen molar-refractivity contribution in [1.82, 2.24) is 20.1 Å². The van der Waals surface area contributed by atoms with Gasteiger partial charge in [0.15, 0.2) is 0 Å². The summed E-state index contributed by atoms with van der Waals surface area (Å²) in [5.41, 5.74) is 5.05. The molecule has 1 heterocycles. The van der Waals surface area contributed by atoms with Crippen LogP contribution in [0.3, 0.4) is 0 Å². The van der Waals surface area contributed by atoms with Crippen LogP contribution in [0.2, 0.25) is 0 Å². The molecule has 0 saturated carbocycles. The van der Waals surface area contributed by atoms with E-state index in [9.17, 15) is 18.0 Å². The van der Waals surface area contributed by atoms with Gasteiger partial charge in [0.25, 0.3) is 11.8 Å². The number of aromatic nitrogens is 1. The zero-order chi connectivity index (χ0) is 20.0. The smallest absolute Gasteiger partial charge is 0.267 e. The molecule has 8 nitrogen and oxygen atoms in total. The fraction of sp³-hybridized carbons (Fsp3) is 0.235. The Morgan fingerprint density at radius 3 is 2.30 bits per heavy atom. The lowest BCUT2D eigenvalue weighted by Gasteiger charge is -2.12. The molecule has 0 aliphatic carbocycles. The first-order chi connectivity index (χ1) is 12.8. The summed E-state index contributed by atoms with van der Waals surface area (Å²) in [4.78, 5) is 28.6. The first-order valence-corrected chi connectivity index (χ1v) is 10.4. The number of hydrazine groups is 1. The van der Waals surface area contributed by atoms with E-state index in [2.05, 4.69) is 15.8 Å². The molecule has 2 rings (SSSR count). The van der Waals surface area contributed by atoms with E-state index < -0.39 is 21.8 Å². The Hall–Kier alpha value is -2.43. The van der Waals surface area contributed by atoms with Gasteiger partial charge in [0, 0.05) is 31.4 Å². The monoisotopic (exact) mass is 408 g/mol. The number of amides is 2. The topological polar surface area (TPSA) is 108 Å². The Morgan fingerprint density at radius 2 is 1.70 bits per heavy atom. The van der Waals surface area contributed by atoms with E-state index in [-0.39, 0.29) is 10.5 Å². The largest absolute Gasteiger partial charge is 0.269 e. The number of rotatable bonds is 6. The molecule has 0 aliphatic rings. The fourth-order valence-corrected chi connectivity index (χ4v) is 3.63. The van der Waals surface area contributed by atoms with Crippen molar-refractivity contribution < 1.29 is 18.0 Å². The molecule has 1 aromatic heterocycles. The number of thioether (sulfide) groups is 1. The summed E-state index contributed by atoms with van der Waals surface area (Å²) >= 11 is 1.49. The van der Waals surface area contributed by atoms with Crippen LogP contribution in [0.1, 0.15) is 27.6 Å². The van der Waals surface area contributed by atoms with Gasteiger partial charge in [-0.15, -0.1) is 11.8 Å². The lowest BCUT2D eigenvalue weighted by molar-refractivity contribution is 0.0846. The van der Waals surface area contributed by atoms with Crippen molar-refractivity contribution in [3.8, 4) is 0 Å². The predicted molar refractivity (Wildman–Crippen MR) is 103 cm³/mol. The van der Waals surface area contributed by atoms with Crippen LogP contribution in [0, 0.1) is 0 Å². The van der Waals surface area contributed by atoms with Crippen LogP contribution in [0.25, 0.3) is 0 Å². The fourth-order valence-electron chi connectivity index (χ4n) is 2.04. The molecule has 0 spiro atoms. The molecule has 0 saturated heterocycles. The SMILES string of the molecule is CCSc1cc(C(=O)NNC(=O)c2cccc(S(=O)(=O)N(C)C)c2)ccn1. The molecule has 0 radical (unpaired) electrons. The van der Waals surface area contributed by atoms with Crippen LogP contribution in [0.5, 0.6) is 0 Å². The molecule has 2 amide bonds. The molecule has 1 aromatic carbocycles. The number of benzene rings is 1. The lowest BCUT2D eigenvalue weighted by atomic mass is 10.2. The van der Waals surface area contributed by atoms with Gasteiger partial charge < -0.3 is 0 Å². The number of carbonyl (C=O) groups is 2. The number of hydrogen-bond acceptors (Lipinski definition) is 6. The predicted octanol–water partition coefficient (Wildman–Crippen LogP) is 1.52. The zero-order valence-corrected chi connectivity index (χ0v) is 16.7. The molecule has 10 heteroatoms. The van der Waals surface area contributed by atoms with Crippen molar-refractivity contribution in [2.45, 2.75) is 16.8 Å². The third-order valence-corrected chi connectivity index (χ3v) is 6.07. The molecule has 0 bridgehead atoms. The van der Waals surface area contributed by atoms with Gasteiger partial charge in [0.2, 0.25) is 10.0 Å². The highest BCUT2D eigenvalue weighted by Gasteiger charge is 2.19. The van der Waals surface area contributed by atoms with Crippen molar-refractivity contribution in [1.29, 1.82) is 0 Å². The van der Waals surface area contributed by atoms with Crippen LogP contribution in [-0.4, -0.2) is 49.4 Å². The molecule has 0 atom stereocenters. The molecule has 2 aromatic rings. The zero-order valence-electron chi connectivity index (χ0n) is 15.1. The number of nitrogens with one attached hydrogen (secondary N) is 2. The maximum atomic E-state index is 12.2. The van der Waals surface area contributed by atoms with Crippen LogP contribution in [-0.2, 0) is 10.0 Å². The van der Waals surface area contributed by atoms with Crippen molar-refractivity contribution >= 4 is 33.6 Å². The minimum absolute atomic E-state index is 0.0122. The average molecular weight is 409 g/mol. The number of hydrogen-bond donors (Lipinski definition) is 2. The van der Waals surface area contributed by atoms with Crippen molar-refractivity contribution in [2.24, 2.45) is 0 Å². The third-order valence-electron chi connectivity index (χ3n) is 3.45. The second kappa shape index (κ2) is 8.98. The van der Waals surface area contributed by atoms with E-state index in [0.717, 1.165) is 10.1 Å². The minimum Gasteiger partial charge on any atom is -0.267 e. The Balaban J connectivity index is 2.08. The van der Waals surface area contributed by atoms with Gasteiger partial charge in [-0.25, -0.2) is 17.7 Å². The first-order valence-electron chi connectivity index (χ1n) is 7.98.